The average Bonchev–Trinajstić information content (AvgIpc) is 2.78. The van der Waals surface area contributed by atoms with Crippen LogP contribution in [0.3, 0.4) is 0 Å². The van der Waals surface area contributed by atoms with Crippen LogP contribution >= 0.6 is 0 Å². The third-order valence-corrected chi connectivity index (χ3v) is 7.81. The lowest BCUT2D eigenvalue weighted by Crippen LogP contribution is -2.44. The highest BCUT2D eigenvalue weighted by Gasteiger charge is 2.34. The number of hydrogen-bond acceptors (Lipinski definition) is 4. The first-order valence-corrected chi connectivity index (χ1v) is 12.5. The molecule has 2 aromatic rings. The Hall–Kier alpha value is -2.76. The van der Waals surface area contributed by atoms with Gasteiger partial charge < -0.3 is 5.32 Å². The number of piperidine rings is 1. The van der Waals surface area contributed by atoms with Crippen LogP contribution in [0.2, 0.25) is 0 Å². The smallest absolute Gasteiger partial charge is 0.244 e. The third kappa shape index (κ3) is 6.18. The minimum absolute atomic E-state index is 0.00282. The lowest BCUT2D eigenvalue weighted by Gasteiger charge is -2.33. The number of hydrogen-bond donors (Lipinski definition) is 1. The Balaban J connectivity index is 1.68. The molecule has 1 fully saturated rings. The van der Waals surface area contributed by atoms with Gasteiger partial charge in [0.25, 0.3) is 0 Å². The molecule has 0 aromatic heterocycles. The fourth-order valence-electron chi connectivity index (χ4n) is 4.13. The van der Waals surface area contributed by atoms with Crippen molar-refractivity contribution in [1.82, 2.24) is 9.62 Å². The fourth-order valence-corrected chi connectivity index (χ4v) is 5.74. The second-order valence-corrected chi connectivity index (χ2v) is 11.6. The molecule has 33 heavy (non-hydrogen) atoms. The zero-order valence-electron chi connectivity index (χ0n) is 19.2. The third-order valence-electron chi connectivity index (χ3n) is 5.86. The number of carbonyl (C=O) groups excluding carboxylic acids is 1. The number of nitriles is 1. The number of halogens is 1. The molecular weight excluding hydrogens is 441 g/mol. The topological polar surface area (TPSA) is 90.3 Å². The van der Waals surface area contributed by atoms with Gasteiger partial charge in [-0.05, 0) is 54.5 Å². The maximum Gasteiger partial charge on any atom is 0.244 e. The molecule has 3 rings (SSSR count). The molecular formula is C25H30FN3O3S. The second-order valence-electron chi connectivity index (χ2n) is 9.66. The number of nitrogens with zero attached hydrogens (tertiary/aromatic N) is 2. The maximum atomic E-state index is 13.4. The normalized spacial score (nSPS) is 16.7. The van der Waals surface area contributed by atoms with E-state index in [0.717, 1.165) is 5.56 Å². The van der Waals surface area contributed by atoms with E-state index in [4.69, 9.17) is 0 Å². The van der Waals surface area contributed by atoms with Gasteiger partial charge in [-0.15, -0.1) is 0 Å². The zero-order valence-corrected chi connectivity index (χ0v) is 20.0. The highest BCUT2D eigenvalue weighted by atomic mass is 32.2. The van der Waals surface area contributed by atoms with Crippen LogP contribution in [0.5, 0.6) is 0 Å². The first kappa shape index (κ1) is 24.9. The van der Waals surface area contributed by atoms with Crippen molar-refractivity contribution in [2.24, 2.45) is 11.3 Å². The minimum atomic E-state index is -3.80. The van der Waals surface area contributed by atoms with Crippen LogP contribution in [-0.2, 0) is 14.8 Å². The average molecular weight is 472 g/mol. The van der Waals surface area contributed by atoms with Crippen LogP contribution in [0.25, 0.3) is 0 Å². The van der Waals surface area contributed by atoms with Crippen LogP contribution in [0, 0.1) is 28.5 Å². The summed E-state index contributed by atoms with van der Waals surface area (Å²) in [6, 6.07) is 14.0. The molecule has 8 heteroatoms. The number of sulfonamides is 1. The number of rotatable bonds is 6. The summed E-state index contributed by atoms with van der Waals surface area (Å²) in [6.07, 6.45) is 1.47. The molecule has 2 aromatic carbocycles. The lowest BCUT2D eigenvalue weighted by molar-refractivity contribution is -0.127. The van der Waals surface area contributed by atoms with E-state index in [1.54, 1.807) is 24.3 Å². The molecule has 1 heterocycles. The summed E-state index contributed by atoms with van der Waals surface area (Å²) in [7, 11) is -3.80. The Labute approximate surface area is 195 Å². The molecule has 1 aliphatic heterocycles. The van der Waals surface area contributed by atoms with Crippen LogP contribution in [-0.4, -0.2) is 31.7 Å². The number of amides is 1. The summed E-state index contributed by atoms with van der Waals surface area (Å²) >= 11 is 0. The highest BCUT2D eigenvalue weighted by molar-refractivity contribution is 7.89. The van der Waals surface area contributed by atoms with Crippen molar-refractivity contribution >= 4 is 15.9 Å². The van der Waals surface area contributed by atoms with Gasteiger partial charge >= 0.3 is 0 Å². The minimum Gasteiger partial charge on any atom is -0.349 e. The van der Waals surface area contributed by atoms with Crippen molar-refractivity contribution in [1.29, 1.82) is 5.26 Å². The molecule has 1 amide bonds. The van der Waals surface area contributed by atoms with Gasteiger partial charge in [-0.25, -0.2) is 12.8 Å². The van der Waals surface area contributed by atoms with Crippen molar-refractivity contribution in [2.45, 2.75) is 51.0 Å². The standard InChI is InChI=1S/C25H30FN3O3S/c1-25(2,3)16-22(18-8-10-21(26)11-9-18)28-24(30)19-12-14-29(15-13-19)33(31,32)23-7-5-4-6-20(23)17-27/h4-11,19,22H,12-16H2,1-3H3,(H,28,30). The Bertz CT molecular complexity index is 1130. The highest BCUT2D eigenvalue weighted by Crippen LogP contribution is 2.31. The van der Waals surface area contributed by atoms with Gasteiger partial charge in [0, 0.05) is 19.0 Å². The quantitative estimate of drug-likeness (QED) is 0.676. The maximum absolute atomic E-state index is 13.4. The summed E-state index contributed by atoms with van der Waals surface area (Å²) in [6.45, 7) is 6.66. The summed E-state index contributed by atoms with van der Waals surface area (Å²) in [5.41, 5.74) is 0.896. The van der Waals surface area contributed by atoms with Gasteiger partial charge in [-0.2, -0.15) is 9.57 Å². The van der Waals surface area contributed by atoms with E-state index in [1.807, 2.05) is 6.07 Å². The van der Waals surface area contributed by atoms with Crippen LogP contribution in [0.4, 0.5) is 4.39 Å². The van der Waals surface area contributed by atoms with Gasteiger partial charge in [0.05, 0.1) is 16.5 Å². The van der Waals surface area contributed by atoms with Gasteiger partial charge in [-0.3, -0.25) is 4.79 Å². The SMILES string of the molecule is CC(C)(C)CC(NC(=O)C1CCN(S(=O)(=O)c2ccccc2C#N)CC1)c1ccc(F)cc1. The molecule has 1 atom stereocenters. The summed E-state index contributed by atoms with van der Waals surface area (Å²) in [5, 5.41) is 12.4. The molecule has 1 aliphatic rings. The van der Waals surface area contributed by atoms with E-state index < -0.39 is 10.0 Å². The van der Waals surface area contributed by atoms with Gasteiger partial charge in [0.1, 0.15) is 11.9 Å². The van der Waals surface area contributed by atoms with Gasteiger partial charge in [0.15, 0.2) is 0 Å². The second kappa shape index (κ2) is 10.0. The number of nitrogens with one attached hydrogen (secondary N) is 1. The summed E-state index contributed by atoms with van der Waals surface area (Å²) in [4.78, 5) is 13.1. The van der Waals surface area contributed by atoms with E-state index in [1.165, 1.54) is 28.6 Å². The van der Waals surface area contributed by atoms with Gasteiger partial charge in [0.2, 0.25) is 15.9 Å². The molecule has 0 saturated carbocycles. The van der Waals surface area contributed by atoms with E-state index in [2.05, 4.69) is 26.1 Å². The number of benzene rings is 2. The Kier molecular flexibility index (Phi) is 7.55. The van der Waals surface area contributed by atoms with Crippen LogP contribution < -0.4 is 5.32 Å². The molecule has 0 radical (unpaired) electrons. The number of carbonyl (C=O) groups is 1. The van der Waals surface area contributed by atoms with Crippen molar-refractivity contribution in [2.75, 3.05) is 13.1 Å². The molecule has 0 bridgehead atoms. The van der Waals surface area contributed by atoms with E-state index in [-0.39, 0.29) is 52.6 Å². The molecule has 176 valence electrons. The molecule has 1 N–H and O–H groups in total. The van der Waals surface area contributed by atoms with Crippen LogP contribution in [0.1, 0.15) is 57.2 Å². The Morgan fingerprint density at radius 2 is 1.76 bits per heavy atom. The first-order chi connectivity index (χ1) is 15.5. The summed E-state index contributed by atoms with van der Waals surface area (Å²) < 4.78 is 40.8. The van der Waals surface area contributed by atoms with Crippen molar-refractivity contribution in [3.05, 3.63) is 65.5 Å². The Morgan fingerprint density at radius 3 is 2.33 bits per heavy atom. The molecule has 1 unspecified atom stereocenters. The van der Waals surface area contributed by atoms with E-state index >= 15 is 0 Å². The van der Waals surface area contributed by atoms with Crippen molar-refractivity contribution < 1.29 is 17.6 Å². The molecule has 0 aliphatic carbocycles. The van der Waals surface area contributed by atoms with E-state index in [9.17, 15) is 22.9 Å². The molecule has 1 saturated heterocycles. The Morgan fingerprint density at radius 1 is 1.15 bits per heavy atom. The summed E-state index contributed by atoms with van der Waals surface area (Å²) in [5.74, 6) is -0.764. The predicted octanol–water partition coefficient (Wildman–Crippen LogP) is 4.39. The lowest BCUT2D eigenvalue weighted by atomic mass is 9.85. The predicted molar refractivity (Wildman–Crippen MR) is 124 cm³/mol. The molecule has 0 spiro atoms. The first-order valence-electron chi connectivity index (χ1n) is 11.1. The van der Waals surface area contributed by atoms with Crippen molar-refractivity contribution in [3.63, 3.8) is 0 Å². The zero-order chi connectivity index (χ0) is 24.2. The molecule has 6 nitrogen and oxygen atoms in total. The van der Waals surface area contributed by atoms with E-state index in [0.29, 0.717) is 19.3 Å². The van der Waals surface area contributed by atoms with Crippen molar-refractivity contribution in [3.8, 4) is 6.07 Å². The van der Waals surface area contributed by atoms with Gasteiger partial charge in [-0.1, -0.05) is 45.0 Å². The fraction of sp³-hybridized carbons (Fsp3) is 0.440. The monoisotopic (exact) mass is 471 g/mol. The van der Waals surface area contributed by atoms with Crippen LogP contribution in [0.15, 0.2) is 53.4 Å². The largest absolute Gasteiger partial charge is 0.349 e.